The fraction of sp³-hybridized carbons (Fsp3) is 0.273. The quantitative estimate of drug-likeness (QED) is 0.471. The number of halogens is 1. The zero-order chi connectivity index (χ0) is 20.2. The average Bonchev–Trinajstić information content (AvgIpc) is 3.34. The molecule has 1 aromatic carbocycles. The zero-order valence-electron chi connectivity index (χ0n) is 16.2. The Morgan fingerprint density at radius 1 is 1.14 bits per heavy atom. The van der Waals surface area contributed by atoms with Crippen molar-refractivity contribution in [3.63, 3.8) is 0 Å². The number of aromatic nitrogens is 2. The number of benzene rings is 1. The van der Waals surface area contributed by atoms with Gasteiger partial charge in [-0.3, -0.25) is 4.98 Å². The zero-order valence-corrected chi connectivity index (χ0v) is 17.0. The Bertz CT molecular complexity index is 978. The summed E-state index contributed by atoms with van der Waals surface area (Å²) in [5.74, 6) is -0.265. The molecule has 2 aromatic heterocycles. The Balaban J connectivity index is 1.77. The van der Waals surface area contributed by atoms with E-state index in [4.69, 9.17) is 17.0 Å². The monoisotopic (exact) mass is 410 g/mol. The van der Waals surface area contributed by atoms with Gasteiger partial charge in [-0.25, -0.2) is 4.39 Å². The summed E-state index contributed by atoms with van der Waals surface area (Å²) in [5.41, 5.74) is 2.37. The van der Waals surface area contributed by atoms with Gasteiger partial charge in [-0.2, -0.15) is 0 Å². The van der Waals surface area contributed by atoms with Gasteiger partial charge in [0.2, 0.25) is 0 Å². The molecule has 5 nitrogen and oxygen atoms in total. The van der Waals surface area contributed by atoms with E-state index in [1.807, 2.05) is 47.2 Å². The van der Waals surface area contributed by atoms with E-state index >= 15 is 0 Å². The highest BCUT2D eigenvalue weighted by Gasteiger charge is 2.41. The lowest BCUT2D eigenvalue weighted by Gasteiger charge is -2.29. The van der Waals surface area contributed by atoms with Gasteiger partial charge in [-0.15, -0.1) is 0 Å². The van der Waals surface area contributed by atoms with Crippen LogP contribution < -0.4 is 5.32 Å². The van der Waals surface area contributed by atoms with Crippen LogP contribution in [0.4, 0.5) is 4.39 Å². The third-order valence-corrected chi connectivity index (χ3v) is 5.49. The van der Waals surface area contributed by atoms with Crippen LogP contribution in [0, 0.1) is 5.82 Å². The van der Waals surface area contributed by atoms with E-state index in [1.165, 1.54) is 6.07 Å². The maximum atomic E-state index is 14.6. The Morgan fingerprint density at radius 2 is 1.97 bits per heavy atom. The molecule has 1 fully saturated rings. The highest BCUT2D eigenvalue weighted by Crippen LogP contribution is 2.39. The van der Waals surface area contributed by atoms with Gasteiger partial charge in [-0.1, -0.05) is 18.2 Å². The minimum absolute atomic E-state index is 0.121. The Morgan fingerprint density at radius 3 is 2.72 bits per heavy atom. The van der Waals surface area contributed by atoms with Crippen molar-refractivity contribution in [2.24, 2.45) is 0 Å². The van der Waals surface area contributed by atoms with Crippen LogP contribution in [0.25, 0.3) is 5.69 Å². The van der Waals surface area contributed by atoms with Crippen molar-refractivity contribution in [2.75, 3.05) is 20.3 Å². The van der Waals surface area contributed by atoms with Crippen LogP contribution in [0.3, 0.4) is 0 Å². The first-order valence-corrected chi connectivity index (χ1v) is 10.0. The molecule has 0 unspecified atom stereocenters. The molecule has 0 spiro atoms. The number of para-hydroxylation sites is 1. The number of hydrogen-bond donors (Lipinski definition) is 1. The topological polar surface area (TPSA) is 42.3 Å². The van der Waals surface area contributed by atoms with E-state index in [-0.39, 0.29) is 17.9 Å². The van der Waals surface area contributed by atoms with E-state index < -0.39 is 0 Å². The molecule has 3 aromatic rings. The van der Waals surface area contributed by atoms with E-state index in [2.05, 4.69) is 15.2 Å². The van der Waals surface area contributed by atoms with Crippen molar-refractivity contribution in [1.82, 2.24) is 19.8 Å². The predicted molar refractivity (Wildman–Crippen MR) is 114 cm³/mol. The van der Waals surface area contributed by atoms with Crippen LogP contribution in [0.15, 0.2) is 67.0 Å². The second kappa shape index (κ2) is 8.71. The van der Waals surface area contributed by atoms with Gasteiger partial charge in [0, 0.05) is 38.3 Å². The second-order valence-corrected chi connectivity index (χ2v) is 7.31. The molecule has 29 heavy (non-hydrogen) atoms. The normalized spacial score (nSPS) is 18.8. The van der Waals surface area contributed by atoms with Crippen LogP contribution >= 0.6 is 12.2 Å². The first-order valence-electron chi connectivity index (χ1n) is 9.60. The van der Waals surface area contributed by atoms with Gasteiger partial charge in [0.25, 0.3) is 0 Å². The Hall–Kier alpha value is -2.77. The number of nitrogens with zero attached hydrogens (tertiary/aromatic N) is 3. The third kappa shape index (κ3) is 3.88. The maximum absolute atomic E-state index is 14.6. The highest BCUT2D eigenvalue weighted by atomic mass is 32.1. The Kier molecular flexibility index (Phi) is 5.87. The summed E-state index contributed by atoms with van der Waals surface area (Å²) < 4.78 is 21.7. The van der Waals surface area contributed by atoms with Crippen molar-refractivity contribution in [2.45, 2.75) is 18.5 Å². The fourth-order valence-electron chi connectivity index (χ4n) is 3.85. The van der Waals surface area contributed by atoms with Crippen molar-refractivity contribution in [3.05, 3.63) is 84.2 Å². The van der Waals surface area contributed by atoms with E-state index in [1.54, 1.807) is 25.4 Å². The van der Waals surface area contributed by atoms with Gasteiger partial charge in [0.05, 0.1) is 23.5 Å². The van der Waals surface area contributed by atoms with Crippen LogP contribution in [0.1, 0.15) is 29.9 Å². The first kappa shape index (κ1) is 19.5. The largest absolute Gasteiger partial charge is 0.385 e. The molecule has 1 aliphatic rings. The Labute approximate surface area is 175 Å². The number of nitrogens with one attached hydrogen (secondary N) is 1. The first-order chi connectivity index (χ1) is 14.2. The van der Waals surface area contributed by atoms with Gasteiger partial charge >= 0.3 is 0 Å². The number of methoxy groups -OCH3 is 1. The fourth-order valence-corrected chi connectivity index (χ4v) is 4.18. The van der Waals surface area contributed by atoms with Crippen molar-refractivity contribution < 1.29 is 9.13 Å². The third-order valence-electron chi connectivity index (χ3n) is 5.14. The molecule has 0 saturated carbocycles. The average molecular weight is 411 g/mol. The smallest absolute Gasteiger partial charge is 0.170 e. The molecule has 0 radical (unpaired) electrons. The summed E-state index contributed by atoms with van der Waals surface area (Å²) in [4.78, 5) is 6.70. The maximum Gasteiger partial charge on any atom is 0.170 e. The van der Waals surface area contributed by atoms with Crippen molar-refractivity contribution in [3.8, 4) is 5.69 Å². The van der Waals surface area contributed by atoms with Gasteiger partial charge in [0.15, 0.2) is 5.11 Å². The van der Waals surface area contributed by atoms with Crippen LogP contribution in [0.2, 0.25) is 0 Å². The van der Waals surface area contributed by atoms with Gasteiger partial charge in [0.1, 0.15) is 5.82 Å². The van der Waals surface area contributed by atoms with Gasteiger partial charge in [-0.05, 0) is 55.0 Å². The summed E-state index contributed by atoms with van der Waals surface area (Å²) >= 11 is 5.67. The second-order valence-electron chi connectivity index (χ2n) is 6.92. The van der Waals surface area contributed by atoms with Crippen molar-refractivity contribution >= 4 is 17.3 Å². The minimum Gasteiger partial charge on any atom is -0.385 e. The molecule has 1 saturated heterocycles. The highest BCUT2D eigenvalue weighted by molar-refractivity contribution is 7.80. The number of pyridine rings is 1. The van der Waals surface area contributed by atoms with Crippen LogP contribution in [-0.4, -0.2) is 39.8 Å². The standard InChI is InChI=1S/C22H23FN4OS/c1-28-15-7-14-27-21(20(25-22(27)29)17-9-4-5-12-24-17)19-11-6-13-26(19)18-10-3-2-8-16(18)23/h2-6,8-13,20-21H,7,14-15H2,1H3,(H,25,29)/t20-,21-/m1/s1. The molecule has 4 rings (SSSR count). The summed E-state index contributed by atoms with van der Waals surface area (Å²) in [7, 11) is 1.69. The van der Waals surface area contributed by atoms with E-state index in [0.29, 0.717) is 17.4 Å². The molecule has 1 aliphatic heterocycles. The SMILES string of the molecule is COCCCN1C(=S)N[C@H](c2ccccn2)[C@H]1c1cccn1-c1ccccc1F. The molecular formula is C22H23FN4OS. The van der Waals surface area contributed by atoms with Gasteiger partial charge < -0.3 is 19.5 Å². The molecule has 0 amide bonds. The molecule has 0 bridgehead atoms. The molecular weight excluding hydrogens is 387 g/mol. The number of hydrogen-bond acceptors (Lipinski definition) is 3. The molecule has 2 atom stereocenters. The summed E-state index contributed by atoms with van der Waals surface area (Å²) in [6.45, 7) is 1.38. The number of thiocarbonyl (C=S) groups is 1. The minimum atomic E-state index is -0.265. The summed E-state index contributed by atoms with van der Waals surface area (Å²) in [6, 6.07) is 16.3. The van der Waals surface area contributed by atoms with Crippen LogP contribution in [0.5, 0.6) is 0 Å². The number of rotatable bonds is 7. The van der Waals surface area contributed by atoms with Crippen LogP contribution in [-0.2, 0) is 4.74 Å². The lowest BCUT2D eigenvalue weighted by molar-refractivity contribution is 0.180. The molecule has 1 N–H and O–H groups in total. The summed E-state index contributed by atoms with van der Waals surface area (Å²) in [5, 5.41) is 4.10. The van der Waals surface area contributed by atoms with E-state index in [9.17, 15) is 4.39 Å². The lowest BCUT2D eigenvalue weighted by Crippen LogP contribution is -2.32. The lowest BCUT2D eigenvalue weighted by atomic mass is 10.0. The predicted octanol–water partition coefficient (Wildman–Crippen LogP) is 4.02. The van der Waals surface area contributed by atoms with Crippen molar-refractivity contribution in [1.29, 1.82) is 0 Å². The number of ether oxygens (including phenoxy) is 1. The molecule has 150 valence electrons. The summed E-state index contributed by atoms with van der Waals surface area (Å²) in [6.07, 6.45) is 4.50. The molecule has 3 heterocycles. The molecule has 0 aliphatic carbocycles. The molecule has 7 heteroatoms. The van der Waals surface area contributed by atoms with E-state index in [0.717, 1.165) is 24.4 Å².